The first kappa shape index (κ1) is 14.0. The number of rotatable bonds is 3. The third-order valence-electron chi connectivity index (χ3n) is 3.01. The van der Waals surface area contributed by atoms with Gasteiger partial charge in [0.2, 0.25) is 0 Å². The molecular weight excluding hydrogens is 348 g/mol. The molecule has 1 heterocycles. The second-order valence-electron chi connectivity index (χ2n) is 4.48. The quantitative estimate of drug-likeness (QED) is 0.703. The van der Waals surface area contributed by atoms with Crippen LogP contribution in [0.5, 0.6) is 11.5 Å². The van der Waals surface area contributed by atoms with Gasteiger partial charge in [-0.1, -0.05) is 30.4 Å². The minimum absolute atomic E-state index is 0.356. The minimum Gasteiger partial charge on any atom is -0.455 e. The fourth-order valence-electron chi connectivity index (χ4n) is 1.97. The summed E-state index contributed by atoms with van der Waals surface area (Å²) in [5, 5.41) is 1.03. The van der Waals surface area contributed by atoms with E-state index in [0.717, 1.165) is 20.9 Å². The van der Waals surface area contributed by atoms with Crippen molar-refractivity contribution >= 4 is 44.0 Å². The molecule has 0 bridgehead atoms. The Labute approximate surface area is 135 Å². The lowest BCUT2D eigenvalue weighted by Gasteiger charge is -2.09. The van der Waals surface area contributed by atoms with Gasteiger partial charge in [-0.2, -0.15) is 0 Å². The highest BCUT2D eigenvalue weighted by molar-refractivity contribution is 9.10. The standard InChI is InChI=1S/C16H11BrN2OS/c17-13-8-11(16(18)21)5-6-15(13)20-12-7-10-3-1-2-4-14(10)19-9-12/h1-9H,(H2,18,21). The molecule has 0 saturated carbocycles. The Morgan fingerprint density at radius 1 is 1.14 bits per heavy atom. The molecule has 0 spiro atoms. The molecule has 21 heavy (non-hydrogen) atoms. The van der Waals surface area contributed by atoms with Gasteiger partial charge in [0.15, 0.2) is 0 Å². The molecule has 0 amide bonds. The van der Waals surface area contributed by atoms with Crippen molar-refractivity contribution in [2.75, 3.05) is 0 Å². The van der Waals surface area contributed by atoms with Crippen molar-refractivity contribution < 1.29 is 4.74 Å². The number of aromatic nitrogens is 1. The predicted octanol–water partition coefficient (Wildman–Crippen LogP) is 4.42. The van der Waals surface area contributed by atoms with E-state index in [1.165, 1.54) is 0 Å². The maximum atomic E-state index is 5.86. The molecule has 1 aromatic heterocycles. The van der Waals surface area contributed by atoms with E-state index in [1.807, 2.05) is 48.5 Å². The third kappa shape index (κ3) is 3.04. The molecule has 0 radical (unpaired) electrons. The Morgan fingerprint density at radius 3 is 2.71 bits per heavy atom. The van der Waals surface area contributed by atoms with E-state index >= 15 is 0 Å². The van der Waals surface area contributed by atoms with Crippen molar-refractivity contribution in [1.29, 1.82) is 0 Å². The van der Waals surface area contributed by atoms with Gasteiger partial charge in [0.1, 0.15) is 16.5 Å². The first-order valence-electron chi connectivity index (χ1n) is 6.25. The number of hydrogen-bond acceptors (Lipinski definition) is 3. The number of halogens is 1. The second-order valence-corrected chi connectivity index (χ2v) is 5.77. The van der Waals surface area contributed by atoms with E-state index in [-0.39, 0.29) is 0 Å². The Morgan fingerprint density at radius 2 is 1.95 bits per heavy atom. The van der Waals surface area contributed by atoms with Gasteiger partial charge in [-0.05, 0) is 46.3 Å². The van der Waals surface area contributed by atoms with E-state index < -0.39 is 0 Å². The Kier molecular flexibility index (Phi) is 3.86. The van der Waals surface area contributed by atoms with Crippen molar-refractivity contribution in [2.24, 2.45) is 5.73 Å². The zero-order valence-corrected chi connectivity index (χ0v) is 13.3. The highest BCUT2D eigenvalue weighted by atomic mass is 79.9. The van der Waals surface area contributed by atoms with Crippen LogP contribution in [-0.2, 0) is 0 Å². The number of nitrogens with two attached hydrogens (primary N) is 1. The van der Waals surface area contributed by atoms with Crippen LogP contribution in [0.4, 0.5) is 0 Å². The van der Waals surface area contributed by atoms with E-state index in [0.29, 0.717) is 16.5 Å². The molecule has 3 aromatic rings. The summed E-state index contributed by atoms with van der Waals surface area (Å²) in [5.41, 5.74) is 7.34. The Balaban J connectivity index is 1.93. The van der Waals surface area contributed by atoms with Crippen LogP contribution >= 0.6 is 28.1 Å². The van der Waals surface area contributed by atoms with Crippen molar-refractivity contribution in [3.63, 3.8) is 0 Å². The van der Waals surface area contributed by atoms with Crippen molar-refractivity contribution in [1.82, 2.24) is 4.98 Å². The van der Waals surface area contributed by atoms with Gasteiger partial charge >= 0.3 is 0 Å². The Hall–Kier alpha value is -1.98. The van der Waals surface area contributed by atoms with Crippen LogP contribution in [0.3, 0.4) is 0 Å². The zero-order valence-electron chi connectivity index (χ0n) is 10.9. The Bertz CT molecular complexity index is 835. The first-order chi connectivity index (χ1) is 10.1. The predicted molar refractivity (Wildman–Crippen MR) is 91.8 cm³/mol. The van der Waals surface area contributed by atoms with Crippen molar-refractivity contribution in [2.45, 2.75) is 0 Å². The van der Waals surface area contributed by atoms with E-state index in [1.54, 1.807) is 6.20 Å². The SMILES string of the molecule is NC(=S)c1ccc(Oc2cnc3ccccc3c2)c(Br)c1. The molecule has 2 N–H and O–H groups in total. The van der Waals surface area contributed by atoms with Gasteiger partial charge in [-0.3, -0.25) is 4.98 Å². The minimum atomic E-state index is 0.356. The van der Waals surface area contributed by atoms with E-state index in [4.69, 9.17) is 22.7 Å². The van der Waals surface area contributed by atoms with Gasteiger partial charge in [0, 0.05) is 10.9 Å². The van der Waals surface area contributed by atoms with Crippen LogP contribution < -0.4 is 10.5 Å². The summed E-state index contributed by atoms with van der Waals surface area (Å²) in [5.74, 6) is 1.37. The molecule has 2 aromatic carbocycles. The van der Waals surface area contributed by atoms with Crippen molar-refractivity contribution in [3.8, 4) is 11.5 Å². The monoisotopic (exact) mass is 358 g/mol. The lowest BCUT2D eigenvalue weighted by molar-refractivity contribution is 0.478. The number of pyridine rings is 1. The summed E-state index contributed by atoms with van der Waals surface area (Å²) in [7, 11) is 0. The van der Waals surface area contributed by atoms with E-state index in [9.17, 15) is 0 Å². The number of thiocarbonyl (C=S) groups is 1. The molecule has 0 unspecified atom stereocenters. The van der Waals surface area contributed by atoms with Crippen LogP contribution in [0.1, 0.15) is 5.56 Å². The lowest BCUT2D eigenvalue weighted by Crippen LogP contribution is -2.09. The molecule has 0 atom stereocenters. The number of ether oxygens (including phenoxy) is 1. The summed E-state index contributed by atoms with van der Waals surface area (Å²) in [6.45, 7) is 0. The average Bonchev–Trinajstić information content (AvgIpc) is 2.49. The highest BCUT2D eigenvalue weighted by Gasteiger charge is 2.06. The van der Waals surface area contributed by atoms with Gasteiger partial charge in [-0.15, -0.1) is 0 Å². The van der Waals surface area contributed by atoms with E-state index in [2.05, 4.69) is 20.9 Å². The summed E-state index contributed by atoms with van der Waals surface area (Å²) in [4.78, 5) is 4.73. The molecule has 0 aliphatic carbocycles. The topological polar surface area (TPSA) is 48.1 Å². The fourth-order valence-corrected chi connectivity index (χ4v) is 2.56. The van der Waals surface area contributed by atoms with Crippen LogP contribution in [0.25, 0.3) is 10.9 Å². The first-order valence-corrected chi connectivity index (χ1v) is 7.45. The maximum Gasteiger partial charge on any atom is 0.146 e. The van der Waals surface area contributed by atoms with Gasteiger partial charge in [0.25, 0.3) is 0 Å². The highest BCUT2D eigenvalue weighted by Crippen LogP contribution is 2.31. The molecule has 3 nitrogen and oxygen atoms in total. The lowest BCUT2D eigenvalue weighted by atomic mass is 10.2. The fraction of sp³-hybridized carbons (Fsp3) is 0. The summed E-state index contributed by atoms with van der Waals surface area (Å²) < 4.78 is 6.65. The molecule has 3 rings (SSSR count). The molecule has 0 saturated heterocycles. The number of benzene rings is 2. The molecule has 0 aliphatic rings. The van der Waals surface area contributed by atoms with Crippen molar-refractivity contribution in [3.05, 3.63) is 64.8 Å². The summed E-state index contributed by atoms with van der Waals surface area (Å²) in [6.07, 6.45) is 1.70. The largest absolute Gasteiger partial charge is 0.455 e. The molecule has 0 aliphatic heterocycles. The summed E-state index contributed by atoms with van der Waals surface area (Å²) in [6, 6.07) is 15.3. The van der Waals surface area contributed by atoms with Gasteiger partial charge in [0.05, 0.1) is 16.2 Å². The number of nitrogens with zero attached hydrogens (tertiary/aromatic N) is 1. The second kappa shape index (κ2) is 5.79. The molecule has 0 fully saturated rings. The van der Waals surface area contributed by atoms with Crippen LogP contribution in [0.2, 0.25) is 0 Å². The average molecular weight is 359 g/mol. The third-order valence-corrected chi connectivity index (χ3v) is 3.87. The molecule has 104 valence electrons. The zero-order chi connectivity index (χ0) is 14.8. The normalized spacial score (nSPS) is 10.5. The van der Waals surface area contributed by atoms with Crippen LogP contribution in [0.15, 0.2) is 59.2 Å². The summed E-state index contributed by atoms with van der Waals surface area (Å²) >= 11 is 8.42. The number of para-hydroxylation sites is 1. The van der Waals surface area contributed by atoms with Crippen LogP contribution in [-0.4, -0.2) is 9.97 Å². The molecular formula is C16H11BrN2OS. The van der Waals surface area contributed by atoms with Gasteiger partial charge in [-0.25, -0.2) is 0 Å². The number of hydrogen-bond donors (Lipinski definition) is 1. The smallest absolute Gasteiger partial charge is 0.146 e. The maximum absolute atomic E-state index is 5.86. The van der Waals surface area contributed by atoms with Gasteiger partial charge < -0.3 is 10.5 Å². The molecule has 5 heteroatoms. The van der Waals surface area contributed by atoms with Crippen LogP contribution in [0, 0.1) is 0 Å². The number of fused-ring (bicyclic) bond motifs is 1.